The molecule has 1 amide bonds. The molecule has 27 heavy (non-hydrogen) atoms. The van der Waals surface area contributed by atoms with Gasteiger partial charge in [-0.1, -0.05) is 17.2 Å². The summed E-state index contributed by atoms with van der Waals surface area (Å²) in [6.45, 7) is 2.45. The number of hydrogen-bond donors (Lipinski definition) is 0. The van der Waals surface area contributed by atoms with E-state index in [-0.39, 0.29) is 18.7 Å². The van der Waals surface area contributed by atoms with E-state index in [1.165, 1.54) is 4.90 Å². The van der Waals surface area contributed by atoms with Crippen molar-refractivity contribution in [2.45, 2.75) is 51.3 Å². The zero-order valence-corrected chi connectivity index (χ0v) is 15.0. The maximum atomic E-state index is 12.7. The summed E-state index contributed by atoms with van der Waals surface area (Å²) < 4.78 is 64.9. The van der Waals surface area contributed by atoms with Crippen molar-refractivity contribution in [3.63, 3.8) is 0 Å². The Morgan fingerprint density at radius 2 is 1.96 bits per heavy atom. The molecule has 148 valence electrons. The van der Waals surface area contributed by atoms with Gasteiger partial charge < -0.3 is 14.4 Å². The molecule has 1 aromatic rings. The zero-order chi connectivity index (χ0) is 22.0. The Hall–Kier alpha value is -2.45. The minimum atomic E-state index is -4.54. The van der Waals surface area contributed by atoms with Gasteiger partial charge in [0.1, 0.15) is 5.60 Å². The summed E-state index contributed by atoms with van der Waals surface area (Å²) in [6.07, 6.45) is -6.22. The van der Waals surface area contributed by atoms with Gasteiger partial charge in [-0.15, -0.1) is 0 Å². The normalized spacial score (nSPS) is 21.9. The van der Waals surface area contributed by atoms with Crippen LogP contribution in [0.15, 0.2) is 29.4 Å². The van der Waals surface area contributed by atoms with Crippen LogP contribution in [-0.4, -0.2) is 41.8 Å². The Labute approximate surface area is 157 Å². The van der Waals surface area contributed by atoms with E-state index in [4.69, 9.17) is 17.7 Å². The maximum absolute atomic E-state index is 12.7. The fourth-order valence-electron chi connectivity index (χ4n) is 2.40. The molecule has 0 N–H and O–H groups in total. The van der Waals surface area contributed by atoms with E-state index in [9.17, 15) is 18.0 Å². The van der Waals surface area contributed by atoms with E-state index in [0.717, 1.165) is 24.3 Å². The van der Waals surface area contributed by atoms with E-state index in [2.05, 4.69) is 10.0 Å². The second-order valence-electron chi connectivity index (χ2n) is 6.99. The van der Waals surface area contributed by atoms with Crippen molar-refractivity contribution >= 4 is 6.09 Å². The molecule has 0 spiro atoms. The standard InChI is InChI=1S/C17H21F3N4O3/c1-16(2,3)27-15(25)24-8-13(22-23-21)14(9-24)26-10-11-4-6-12(7-5-11)17(18,19)20/h4-7,13-14H,8-10H2,1-3H3/t13-,14-/m1/s1/i10D2. The lowest BCUT2D eigenvalue weighted by molar-refractivity contribution is -0.137. The minimum absolute atomic E-state index is 0.0350. The monoisotopic (exact) mass is 388 g/mol. The Bertz CT molecular complexity index is 791. The number of azide groups is 1. The molecule has 1 aliphatic heterocycles. The van der Waals surface area contributed by atoms with Crippen LogP contribution in [-0.2, 0) is 22.2 Å². The van der Waals surface area contributed by atoms with Crippen LogP contribution in [0.3, 0.4) is 0 Å². The number of ether oxygens (including phenoxy) is 2. The molecule has 1 aromatic carbocycles. The molecule has 0 radical (unpaired) electrons. The van der Waals surface area contributed by atoms with Crippen molar-refractivity contribution in [1.29, 1.82) is 0 Å². The average Bonchev–Trinajstić information content (AvgIpc) is 2.95. The average molecular weight is 388 g/mol. The quantitative estimate of drug-likeness (QED) is 0.432. The van der Waals surface area contributed by atoms with E-state index >= 15 is 0 Å². The highest BCUT2D eigenvalue weighted by Gasteiger charge is 2.37. The number of alkyl halides is 3. The van der Waals surface area contributed by atoms with Crippen LogP contribution in [0.1, 0.15) is 34.6 Å². The highest BCUT2D eigenvalue weighted by atomic mass is 19.4. The van der Waals surface area contributed by atoms with Crippen LogP contribution in [0.25, 0.3) is 10.4 Å². The Morgan fingerprint density at radius 1 is 1.33 bits per heavy atom. The molecule has 0 aromatic heterocycles. The van der Waals surface area contributed by atoms with Crippen molar-refractivity contribution in [3.8, 4) is 0 Å². The summed E-state index contributed by atoms with van der Waals surface area (Å²) in [5.74, 6) is 0. The smallest absolute Gasteiger partial charge is 0.416 e. The SMILES string of the molecule is [2H]C([2H])(O[C@@H]1CN(C(=O)OC(C)(C)C)C[C@H]1N=[N+]=[N-])c1ccc(C(F)(F)F)cc1. The topological polar surface area (TPSA) is 87.5 Å². The lowest BCUT2D eigenvalue weighted by Gasteiger charge is -2.24. The third-order valence-electron chi connectivity index (χ3n) is 3.63. The molecule has 1 heterocycles. The van der Waals surface area contributed by atoms with Crippen LogP contribution in [0.5, 0.6) is 0 Å². The van der Waals surface area contributed by atoms with Crippen LogP contribution in [0, 0.1) is 0 Å². The van der Waals surface area contributed by atoms with Gasteiger partial charge in [0.05, 0.1) is 33.6 Å². The number of rotatable bonds is 4. The van der Waals surface area contributed by atoms with Gasteiger partial charge in [-0.3, -0.25) is 0 Å². The Kier molecular flexibility index (Phi) is 5.35. The van der Waals surface area contributed by atoms with Gasteiger partial charge in [0, 0.05) is 11.5 Å². The summed E-state index contributed by atoms with van der Waals surface area (Å²) in [5.41, 5.74) is 6.94. The van der Waals surface area contributed by atoms with Crippen LogP contribution < -0.4 is 0 Å². The summed E-state index contributed by atoms with van der Waals surface area (Å²) in [6, 6.07) is 2.58. The highest BCUT2D eigenvalue weighted by Crippen LogP contribution is 2.29. The number of amides is 1. The third-order valence-corrected chi connectivity index (χ3v) is 3.63. The number of likely N-dealkylation sites (tertiary alicyclic amines) is 1. The molecule has 2 rings (SSSR count). The zero-order valence-electron chi connectivity index (χ0n) is 17.0. The lowest BCUT2D eigenvalue weighted by Crippen LogP contribution is -2.36. The first-order chi connectivity index (χ1) is 13.2. The van der Waals surface area contributed by atoms with Gasteiger partial charge in [-0.25, -0.2) is 4.79 Å². The van der Waals surface area contributed by atoms with Gasteiger partial charge in [0.25, 0.3) is 0 Å². The molecule has 0 aliphatic carbocycles. The summed E-state index contributed by atoms with van der Waals surface area (Å²) >= 11 is 0. The van der Waals surface area contributed by atoms with Crippen LogP contribution in [0.4, 0.5) is 18.0 Å². The number of carbonyl (C=O) groups is 1. The second-order valence-corrected chi connectivity index (χ2v) is 6.99. The molecule has 0 unspecified atom stereocenters. The number of halogens is 3. The minimum Gasteiger partial charge on any atom is -0.444 e. The predicted molar refractivity (Wildman–Crippen MR) is 90.8 cm³/mol. The largest absolute Gasteiger partial charge is 0.444 e. The van der Waals surface area contributed by atoms with Crippen LogP contribution >= 0.6 is 0 Å². The highest BCUT2D eigenvalue weighted by molar-refractivity contribution is 5.68. The van der Waals surface area contributed by atoms with Crippen molar-refractivity contribution in [2.75, 3.05) is 13.1 Å². The first-order valence-corrected chi connectivity index (χ1v) is 8.10. The molecule has 2 atom stereocenters. The molecule has 10 heteroatoms. The lowest BCUT2D eigenvalue weighted by atomic mass is 10.1. The first-order valence-electron chi connectivity index (χ1n) is 9.10. The molecule has 1 fully saturated rings. The molecule has 0 bridgehead atoms. The summed E-state index contributed by atoms with van der Waals surface area (Å²) in [4.78, 5) is 16.2. The Balaban J connectivity index is 2.16. The van der Waals surface area contributed by atoms with E-state index in [1.54, 1.807) is 20.8 Å². The van der Waals surface area contributed by atoms with Crippen LogP contribution in [0.2, 0.25) is 0 Å². The van der Waals surface area contributed by atoms with Gasteiger partial charge in [0.2, 0.25) is 0 Å². The second kappa shape index (κ2) is 8.06. The van der Waals surface area contributed by atoms with Gasteiger partial charge in [-0.2, -0.15) is 13.2 Å². The Morgan fingerprint density at radius 3 is 2.48 bits per heavy atom. The van der Waals surface area contributed by atoms with E-state index < -0.39 is 42.1 Å². The number of benzene rings is 1. The number of hydrogen-bond acceptors (Lipinski definition) is 4. The fourth-order valence-corrected chi connectivity index (χ4v) is 2.40. The van der Waals surface area contributed by atoms with Gasteiger partial charge >= 0.3 is 12.3 Å². The predicted octanol–water partition coefficient (Wildman–Crippen LogP) is 4.52. The van der Waals surface area contributed by atoms with Crippen molar-refractivity contribution in [3.05, 3.63) is 45.8 Å². The van der Waals surface area contributed by atoms with Crippen molar-refractivity contribution in [1.82, 2.24) is 4.90 Å². The van der Waals surface area contributed by atoms with Gasteiger partial charge in [0.15, 0.2) is 0 Å². The maximum Gasteiger partial charge on any atom is 0.416 e. The summed E-state index contributed by atoms with van der Waals surface area (Å²) in [7, 11) is 0. The molecule has 1 saturated heterocycles. The van der Waals surface area contributed by atoms with E-state index in [0.29, 0.717) is 0 Å². The van der Waals surface area contributed by atoms with E-state index in [1.807, 2.05) is 0 Å². The molecule has 1 aliphatic rings. The molecule has 7 nitrogen and oxygen atoms in total. The fraction of sp³-hybridized carbons (Fsp3) is 0.588. The van der Waals surface area contributed by atoms with Crippen molar-refractivity contribution in [2.24, 2.45) is 5.11 Å². The first kappa shape index (κ1) is 17.9. The molecule has 0 saturated carbocycles. The van der Waals surface area contributed by atoms with Gasteiger partial charge in [-0.05, 0) is 44.0 Å². The molecular weight excluding hydrogens is 365 g/mol. The number of carbonyl (C=O) groups excluding carboxylic acids is 1. The van der Waals surface area contributed by atoms with Crippen molar-refractivity contribution < 1.29 is 30.2 Å². The molecular formula is C17H21F3N4O3. The third kappa shape index (κ3) is 6.04. The number of nitrogens with zero attached hydrogens (tertiary/aromatic N) is 4. The summed E-state index contributed by atoms with van der Waals surface area (Å²) in [5, 5.41) is 3.55.